The summed E-state index contributed by atoms with van der Waals surface area (Å²) < 4.78 is 24.9. The van der Waals surface area contributed by atoms with Gasteiger partial charge in [-0.2, -0.15) is 0 Å². The Morgan fingerprint density at radius 1 is 1.07 bits per heavy atom. The van der Waals surface area contributed by atoms with E-state index in [1.165, 1.54) is 12.8 Å². The van der Waals surface area contributed by atoms with Gasteiger partial charge in [-0.05, 0) is 106 Å². The van der Waals surface area contributed by atoms with Crippen molar-refractivity contribution in [3.05, 3.63) is 0 Å². The molecule has 45 heavy (non-hydrogen) atoms. The lowest BCUT2D eigenvalue weighted by Crippen LogP contribution is -2.59. The Bertz CT molecular complexity index is 944. The zero-order valence-electron chi connectivity index (χ0n) is 29.5. The minimum absolute atomic E-state index is 0.0142. The van der Waals surface area contributed by atoms with Crippen LogP contribution in [0.4, 0.5) is 0 Å². The summed E-state index contributed by atoms with van der Waals surface area (Å²) in [6.07, 6.45) is 2.51. The van der Waals surface area contributed by atoms with Gasteiger partial charge in [0, 0.05) is 38.2 Å². The Kier molecular flexibility index (Phi) is 14.3. The van der Waals surface area contributed by atoms with Gasteiger partial charge >= 0.3 is 5.97 Å². The van der Waals surface area contributed by atoms with Gasteiger partial charge in [0.2, 0.25) is 0 Å². The predicted molar refractivity (Wildman–Crippen MR) is 173 cm³/mol. The van der Waals surface area contributed by atoms with Crippen molar-refractivity contribution in [1.29, 1.82) is 0 Å². The van der Waals surface area contributed by atoms with Crippen LogP contribution in [0.5, 0.6) is 0 Å². The van der Waals surface area contributed by atoms with E-state index in [0.29, 0.717) is 25.9 Å². The Morgan fingerprint density at radius 3 is 2.33 bits per heavy atom. The first-order valence-electron chi connectivity index (χ1n) is 17.1. The van der Waals surface area contributed by atoms with Crippen LogP contribution >= 0.6 is 0 Å². The second kappa shape index (κ2) is 16.8. The molecule has 0 bridgehead atoms. The van der Waals surface area contributed by atoms with E-state index in [2.05, 4.69) is 16.7 Å². The summed E-state index contributed by atoms with van der Waals surface area (Å²) in [5, 5.41) is 21.4. The molecule has 0 aliphatic carbocycles. The monoisotopic (exact) mass is 641 g/mol. The number of nitrogens with zero attached hydrogens (tertiary/aromatic N) is 3. The number of carbonyl (C=O) groups is 2. The minimum Gasteiger partial charge on any atom is -0.463 e. The largest absolute Gasteiger partial charge is 0.463 e. The highest BCUT2D eigenvalue weighted by molar-refractivity contribution is 6.04. The maximum absolute atomic E-state index is 14.2. The first kappa shape index (κ1) is 38.3. The number of rotatable bonds is 10. The highest BCUT2D eigenvalue weighted by atomic mass is 16.7. The first-order valence-corrected chi connectivity index (χ1v) is 17.1. The molecule has 0 aromatic heterocycles. The number of likely N-dealkylation sites (N-methyl/N-ethyl adjacent to an activating group) is 1. The molecular formula is C34H63N3O8. The SMILES string of the molecule is CO[C@]1(C)C[C@@H](C)CN(CCO)[C@H](CCCN2CCCC2)COC(=O)C(C)(C)C(=O)[C@H](C)[C@H]1O[C@@H]1O[C@H](C)C[C@H](N(C)C)[C@H]1O. The molecule has 0 radical (unpaired) electrons. The van der Waals surface area contributed by atoms with Crippen LogP contribution in [0, 0.1) is 17.3 Å². The van der Waals surface area contributed by atoms with Crippen molar-refractivity contribution < 1.29 is 38.7 Å². The molecule has 0 aromatic rings. The van der Waals surface area contributed by atoms with Crippen LogP contribution in [0.3, 0.4) is 0 Å². The van der Waals surface area contributed by atoms with E-state index >= 15 is 0 Å². The second-order valence-electron chi connectivity index (χ2n) is 14.9. The smallest absolute Gasteiger partial charge is 0.319 e. The van der Waals surface area contributed by atoms with Crippen molar-refractivity contribution in [3.63, 3.8) is 0 Å². The molecule has 0 unspecified atom stereocenters. The van der Waals surface area contributed by atoms with Gasteiger partial charge in [0.05, 0.1) is 24.4 Å². The zero-order valence-corrected chi connectivity index (χ0v) is 29.5. The summed E-state index contributed by atoms with van der Waals surface area (Å²) in [5.74, 6) is -1.59. The lowest BCUT2D eigenvalue weighted by atomic mass is 9.74. The number of methoxy groups -OCH3 is 1. The van der Waals surface area contributed by atoms with Crippen molar-refractivity contribution in [1.82, 2.24) is 14.7 Å². The number of aliphatic hydroxyl groups is 2. The number of hydrogen-bond acceptors (Lipinski definition) is 11. The van der Waals surface area contributed by atoms with E-state index in [9.17, 15) is 19.8 Å². The molecule has 3 heterocycles. The number of Topliss-reactive ketones (excluding diaryl/α,β-unsaturated/α-hetero) is 1. The average Bonchev–Trinajstić information content (AvgIpc) is 3.50. The number of ether oxygens (including phenoxy) is 4. The van der Waals surface area contributed by atoms with Crippen LogP contribution in [0.2, 0.25) is 0 Å². The standard InChI is InChI=1S/C34H63N3O8/c1-23-20-34(6,42-9)30(45-31-28(39)27(35(7)8)19-24(2)44-31)25(3)29(40)33(4,5)32(41)43-22-26(37(21-23)17-18-38)13-12-16-36-14-10-11-15-36/h23-28,30-31,38-39H,10-22H2,1-9H3/t23-,24-,25+,26-,27+,28-,30-,31+,34-/m1/s1. The summed E-state index contributed by atoms with van der Waals surface area (Å²) in [7, 11) is 5.45. The van der Waals surface area contributed by atoms with Gasteiger partial charge in [0.1, 0.15) is 18.1 Å². The molecule has 3 rings (SSSR count). The molecule has 9 atom stereocenters. The van der Waals surface area contributed by atoms with Crippen molar-refractivity contribution in [2.45, 2.75) is 122 Å². The Labute approximate surface area is 271 Å². The van der Waals surface area contributed by atoms with Gasteiger partial charge in [-0.25, -0.2) is 0 Å². The molecule has 262 valence electrons. The molecule has 0 saturated carbocycles. The summed E-state index contributed by atoms with van der Waals surface area (Å²) >= 11 is 0. The van der Waals surface area contributed by atoms with Gasteiger partial charge in [-0.1, -0.05) is 13.8 Å². The lowest BCUT2D eigenvalue weighted by molar-refractivity contribution is -0.295. The number of aliphatic hydroxyl groups excluding tert-OH is 2. The number of likely N-dealkylation sites (tertiary alicyclic amines) is 1. The van der Waals surface area contributed by atoms with Crippen molar-refractivity contribution in [2.75, 3.05) is 67.1 Å². The average molecular weight is 642 g/mol. The fraction of sp³-hybridized carbons (Fsp3) is 0.941. The second-order valence-corrected chi connectivity index (χ2v) is 14.9. The lowest BCUT2D eigenvalue weighted by Gasteiger charge is -2.47. The fourth-order valence-corrected chi connectivity index (χ4v) is 7.70. The van der Waals surface area contributed by atoms with Gasteiger partial charge in [-0.3, -0.25) is 14.5 Å². The summed E-state index contributed by atoms with van der Waals surface area (Å²) in [6, 6.07) is -0.278. The Morgan fingerprint density at radius 2 is 1.73 bits per heavy atom. The molecule has 0 spiro atoms. The van der Waals surface area contributed by atoms with Crippen molar-refractivity contribution in [3.8, 4) is 0 Å². The van der Waals surface area contributed by atoms with Gasteiger partial charge in [0.25, 0.3) is 0 Å². The first-order chi connectivity index (χ1) is 21.1. The highest BCUT2D eigenvalue weighted by Gasteiger charge is 2.51. The normalized spacial score (nSPS) is 38.0. The van der Waals surface area contributed by atoms with Crippen LogP contribution in [0.15, 0.2) is 0 Å². The molecule has 3 saturated heterocycles. The van der Waals surface area contributed by atoms with E-state index in [4.69, 9.17) is 18.9 Å². The Hall–Kier alpha value is -1.18. The minimum atomic E-state index is -1.44. The highest BCUT2D eigenvalue weighted by Crippen LogP contribution is 2.38. The number of carbonyl (C=O) groups excluding carboxylic acids is 2. The van der Waals surface area contributed by atoms with Crippen molar-refractivity contribution in [2.24, 2.45) is 17.3 Å². The maximum Gasteiger partial charge on any atom is 0.319 e. The molecule has 2 N–H and O–H groups in total. The maximum atomic E-state index is 14.2. The number of cyclic esters (lactones) is 1. The third-order valence-electron chi connectivity index (χ3n) is 10.4. The molecular weight excluding hydrogens is 578 g/mol. The molecule has 0 aromatic carbocycles. The van der Waals surface area contributed by atoms with Crippen LogP contribution in [-0.2, 0) is 28.5 Å². The van der Waals surface area contributed by atoms with Crippen LogP contribution in [0.1, 0.15) is 80.1 Å². The molecule has 0 amide bonds. The van der Waals surface area contributed by atoms with E-state index in [0.717, 1.165) is 32.5 Å². The third-order valence-corrected chi connectivity index (χ3v) is 10.4. The molecule has 11 heteroatoms. The topological polar surface area (TPSA) is 121 Å². The molecule has 3 aliphatic rings. The zero-order chi connectivity index (χ0) is 33.5. The van der Waals surface area contributed by atoms with E-state index in [1.54, 1.807) is 27.9 Å². The van der Waals surface area contributed by atoms with Crippen molar-refractivity contribution >= 4 is 11.8 Å². The molecule has 3 aliphatic heterocycles. The quantitative estimate of drug-likeness (QED) is 0.271. The fourth-order valence-electron chi connectivity index (χ4n) is 7.70. The Balaban J connectivity index is 1.95. The summed E-state index contributed by atoms with van der Waals surface area (Å²) in [6.45, 7) is 15.5. The molecule has 11 nitrogen and oxygen atoms in total. The third kappa shape index (κ3) is 9.69. The number of β-amino-alcohol motifs (C(OH)–C–C–N with tert-alkyl or cyclic N) is 1. The summed E-state index contributed by atoms with van der Waals surface area (Å²) in [4.78, 5) is 34.5. The number of ketones is 1. The van der Waals surface area contributed by atoms with E-state index in [-0.39, 0.29) is 43.1 Å². The number of esters is 1. The molecule has 3 fully saturated rings. The van der Waals surface area contributed by atoms with E-state index in [1.807, 2.05) is 32.8 Å². The van der Waals surface area contributed by atoms with Crippen LogP contribution in [0.25, 0.3) is 0 Å². The predicted octanol–water partition coefficient (Wildman–Crippen LogP) is 2.56. The van der Waals surface area contributed by atoms with Gasteiger partial charge in [0.15, 0.2) is 12.1 Å². The van der Waals surface area contributed by atoms with Crippen LogP contribution < -0.4 is 0 Å². The number of hydrogen-bond donors (Lipinski definition) is 2. The van der Waals surface area contributed by atoms with Gasteiger partial charge < -0.3 is 39.0 Å². The van der Waals surface area contributed by atoms with Gasteiger partial charge in [-0.15, -0.1) is 0 Å². The summed E-state index contributed by atoms with van der Waals surface area (Å²) in [5.41, 5.74) is -2.40. The van der Waals surface area contributed by atoms with Crippen LogP contribution in [-0.4, -0.2) is 146 Å². The van der Waals surface area contributed by atoms with E-state index < -0.39 is 41.4 Å².